The molecular formula is C26H21F3N4O2. The number of amides is 2. The van der Waals surface area contributed by atoms with Crippen LogP contribution in [-0.2, 0) is 11.0 Å². The lowest BCUT2D eigenvalue weighted by atomic mass is 9.94. The fraction of sp³-hybridized carbons (Fsp3) is 0.115. The Kier molecular flexibility index (Phi) is 6.96. The highest BCUT2D eigenvalue weighted by atomic mass is 19.4. The first kappa shape index (κ1) is 23.7. The third kappa shape index (κ3) is 6.14. The first-order valence-corrected chi connectivity index (χ1v) is 10.7. The van der Waals surface area contributed by atoms with Crippen molar-refractivity contribution in [2.75, 3.05) is 10.6 Å². The largest absolute Gasteiger partial charge is 0.416 e. The van der Waals surface area contributed by atoms with Crippen LogP contribution < -0.4 is 10.6 Å². The van der Waals surface area contributed by atoms with E-state index < -0.39 is 17.6 Å². The number of nitrogens with zero attached hydrogens (tertiary/aromatic N) is 1. The Morgan fingerprint density at radius 1 is 0.886 bits per heavy atom. The summed E-state index contributed by atoms with van der Waals surface area (Å²) in [4.78, 5) is 32.8. The molecule has 0 aliphatic rings. The lowest BCUT2D eigenvalue weighted by molar-refractivity contribution is -0.137. The summed E-state index contributed by atoms with van der Waals surface area (Å²) in [6.07, 6.45) is -1.10. The van der Waals surface area contributed by atoms with Gasteiger partial charge in [0.2, 0.25) is 5.91 Å². The second kappa shape index (κ2) is 10.3. The van der Waals surface area contributed by atoms with Crippen LogP contribution in [0.4, 0.5) is 24.5 Å². The van der Waals surface area contributed by atoms with E-state index in [-0.39, 0.29) is 29.5 Å². The molecule has 0 saturated heterocycles. The predicted octanol–water partition coefficient (Wildman–Crippen LogP) is 5.84. The van der Waals surface area contributed by atoms with E-state index in [9.17, 15) is 22.8 Å². The zero-order valence-corrected chi connectivity index (χ0v) is 18.3. The second-order valence-corrected chi connectivity index (χ2v) is 7.80. The van der Waals surface area contributed by atoms with Gasteiger partial charge in [0, 0.05) is 35.8 Å². The van der Waals surface area contributed by atoms with Gasteiger partial charge >= 0.3 is 6.18 Å². The number of rotatable bonds is 7. The number of aromatic nitrogens is 2. The minimum Gasteiger partial charge on any atom is -0.348 e. The number of nitrogens with one attached hydrogen (secondary N) is 3. The summed E-state index contributed by atoms with van der Waals surface area (Å²) in [5, 5.41) is 5.24. The third-order valence-corrected chi connectivity index (χ3v) is 5.30. The molecule has 0 bridgehead atoms. The Morgan fingerprint density at radius 2 is 1.60 bits per heavy atom. The van der Waals surface area contributed by atoms with E-state index >= 15 is 0 Å². The Labute approximate surface area is 199 Å². The van der Waals surface area contributed by atoms with Gasteiger partial charge in [0.05, 0.1) is 11.5 Å². The quantitative estimate of drug-likeness (QED) is 0.312. The first-order chi connectivity index (χ1) is 16.8. The number of benzene rings is 3. The summed E-state index contributed by atoms with van der Waals surface area (Å²) in [6.45, 7) is 0. The summed E-state index contributed by atoms with van der Waals surface area (Å²) >= 11 is 0. The lowest BCUT2D eigenvalue weighted by Gasteiger charge is -2.15. The maximum Gasteiger partial charge on any atom is 0.416 e. The van der Waals surface area contributed by atoms with Crippen LogP contribution in [0.2, 0.25) is 0 Å². The lowest BCUT2D eigenvalue weighted by Crippen LogP contribution is -2.18. The molecule has 1 aromatic heterocycles. The second-order valence-electron chi connectivity index (χ2n) is 7.80. The maximum absolute atomic E-state index is 12.9. The zero-order chi connectivity index (χ0) is 24.8. The SMILES string of the molecule is O=C(CC(c1ccccc1)c1ncc[nH]1)Nc1cccc(C(=O)Nc2cccc(C(F)(F)F)c2)c1. The first-order valence-electron chi connectivity index (χ1n) is 10.7. The van der Waals surface area contributed by atoms with Crippen molar-refractivity contribution in [3.63, 3.8) is 0 Å². The molecule has 6 nitrogen and oxygen atoms in total. The Balaban J connectivity index is 1.45. The average Bonchev–Trinajstić information content (AvgIpc) is 3.38. The summed E-state index contributed by atoms with van der Waals surface area (Å²) in [7, 11) is 0. The fourth-order valence-electron chi connectivity index (χ4n) is 3.64. The molecule has 1 heterocycles. The van der Waals surface area contributed by atoms with E-state index in [0.29, 0.717) is 11.5 Å². The number of aromatic amines is 1. The van der Waals surface area contributed by atoms with E-state index in [1.165, 1.54) is 24.3 Å². The summed E-state index contributed by atoms with van der Waals surface area (Å²) < 4.78 is 38.8. The van der Waals surface area contributed by atoms with Crippen molar-refractivity contribution in [1.29, 1.82) is 0 Å². The van der Waals surface area contributed by atoms with Crippen molar-refractivity contribution >= 4 is 23.2 Å². The Bertz CT molecular complexity index is 1310. The molecule has 0 fully saturated rings. The van der Waals surface area contributed by atoms with Crippen molar-refractivity contribution < 1.29 is 22.8 Å². The van der Waals surface area contributed by atoms with Gasteiger partial charge in [-0.2, -0.15) is 13.2 Å². The average molecular weight is 478 g/mol. The number of halogens is 3. The van der Waals surface area contributed by atoms with Crippen molar-refractivity contribution in [3.8, 4) is 0 Å². The molecule has 0 spiro atoms. The van der Waals surface area contributed by atoms with E-state index in [4.69, 9.17) is 0 Å². The highest BCUT2D eigenvalue weighted by Crippen LogP contribution is 2.31. The maximum atomic E-state index is 12.9. The van der Waals surface area contributed by atoms with Crippen molar-refractivity contribution in [1.82, 2.24) is 9.97 Å². The molecule has 0 saturated carbocycles. The molecule has 0 aliphatic carbocycles. The molecule has 0 aliphatic heterocycles. The number of hydrogen-bond acceptors (Lipinski definition) is 3. The number of carbonyl (C=O) groups is 2. The zero-order valence-electron chi connectivity index (χ0n) is 18.3. The van der Waals surface area contributed by atoms with Crippen LogP contribution in [0.5, 0.6) is 0 Å². The van der Waals surface area contributed by atoms with E-state index in [2.05, 4.69) is 20.6 Å². The van der Waals surface area contributed by atoms with Crippen LogP contribution in [0.15, 0.2) is 91.3 Å². The number of alkyl halides is 3. The molecule has 3 N–H and O–H groups in total. The Hall–Kier alpha value is -4.40. The molecule has 0 radical (unpaired) electrons. The number of anilines is 2. The van der Waals surface area contributed by atoms with Crippen LogP contribution in [-0.4, -0.2) is 21.8 Å². The number of imidazole rings is 1. The van der Waals surface area contributed by atoms with Gasteiger partial charge in [0.15, 0.2) is 0 Å². The molecule has 4 aromatic rings. The standard InChI is InChI=1S/C26H21F3N4O2/c27-26(28,29)19-9-5-11-21(15-19)33-25(35)18-8-4-10-20(14-18)32-23(34)16-22(24-30-12-13-31-24)17-6-2-1-3-7-17/h1-15,22H,16H2,(H,30,31)(H,32,34)(H,33,35). The topological polar surface area (TPSA) is 86.9 Å². The number of hydrogen-bond donors (Lipinski definition) is 3. The highest BCUT2D eigenvalue weighted by Gasteiger charge is 2.30. The van der Waals surface area contributed by atoms with Crippen LogP contribution in [0, 0.1) is 0 Å². The predicted molar refractivity (Wildman–Crippen MR) is 126 cm³/mol. The van der Waals surface area contributed by atoms with E-state index in [1.54, 1.807) is 24.5 Å². The minimum atomic E-state index is -4.52. The summed E-state index contributed by atoms with van der Waals surface area (Å²) in [5.41, 5.74) is 0.653. The minimum absolute atomic E-state index is 0.0171. The molecule has 1 unspecified atom stereocenters. The smallest absolute Gasteiger partial charge is 0.348 e. The van der Waals surface area contributed by atoms with Gasteiger partial charge in [-0.05, 0) is 42.0 Å². The molecule has 1 atom stereocenters. The molecular weight excluding hydrogens is 457 g/mol. The van der Waals surface area contributed by atoms with E-state index in [1.807, 2.05) is 30.3 Å². The van der Waals surface area contributed by atoms with Gasteiger partial charge in [-0.25, -0.2) is 4.98 Å². The summed E-state index contributed by atoms with van der Waals surface area (Å²) in [6, 6.07) is 20.1. The van der Waals surface area contributed by atoms with Crippen LogP contribution in [0.3, 0.4) is 0 Å². The van der Waals surface area contributed by atoms with Crippen molar-refractivity contribution in [2.24, 2.45) is 0 Å². The molecule has 178 valence electrons. The van der Waals surface area contributed by atoms with Crippen LogP contribution in [0.25, 0.3) is 0 Å². The van der Waals surface area contributed by atoms with Gasteiger partial charge in [0.1, 0.15) is 5.82 Å². The molecule has 3 aromatic carbocycles. The molecule has 2 amide bonds. The van der Waals surface area contributed by atoms with Gasteiger partial charge < -0.3 is 15.6 Å². The number of H-pyrrole nitrogens is 1. The van der Waals surface area contributed by atoms with Crippen molar-refractivity contribution in [3.05, 3.63) is 114 Å². The fourth-order valence-corrected chi connectivity index (χ4v) is 3.64. The van der Waals surface area contributed by atoms with Gasteiger partial charge in [-0.3, -0.25) is 9.59 Å². The third-order valence-electron chi connectivity index (χ3n) is 5.30. The van der Waals surface area contributed by atoms with Gasteiger partial charge in [-0.1, -0.05) is 42.5 Å². The monoisotopic (exact) mass is 478 g/mol. The highest BCUT2D eigenvalue weighted by molar-refractivity contribution is 6.05. The van der Waals surface area contributed by atoms with E-state index in [0.717, 1.165) is 17.7 Å². The van der Waals surface area contributed by atoms with Crippen molar-refractivity contribution in [2.45, 2.75) is 18.5 Å². The molecule has 9 heteroatoms. The van der Waals surface area contributed by atoms with Crippen LogP contribution >= 0.6 is 0 Å². The summed E-state index contributed by atoms with van der Waals surface area (Å²) in [5.74, 6) is -0.525. The molecule has 35 heavy (non-hydrogen) atoms. The molecule has 4 rings (SSSR count). The normalized spacial score (nSPS) is 12.1. The van der Waals surface area contributed by atoms with Crippen LogP contribution in [0.1, 0.15) is 39.6 Å². The number of carbonyl (C=O) groups excluding carboxylic acids is 2. The Morgan fingerprint density at radius 3 is 2.29 bits per heavy atom. The van der Waals surface area contributed by atoms with Gasteiger partial charge in [0.25, 0.3) is 5.91 Å². The van der Waals surface area contributed by atoms with Gasteiger partial charge in [-0.15, -0.1) is 0 Å².